The average molecular weight is 229 g/mol. The van der Waals surface area contributed by atoms with Crippen LogP contribution in [0.1, 0.15) is 13.8 Å². The topological polar surface area (TPSA) is 66.4 Å². The summed E-state index contributed by atoms with van der Waals surface area (Å²) < 4.78 is 23.2. The van der Waals surface area contributed by atoms with E-state index in [1.807, 2.05) is 6.92 Å². The van der Waals surface area contributed by atoms with Crippen LogP contribution in [0, 0.1) is 0 Å². The van der Waals surface area contributed by atoms with Gasteiger partial charge in [-0.25, -0.2) is 8.42 Å². The van der Waals surface area contributed by atoms with Gasteiger partial charge in [0.25, 0.3) is 0 Å². The van der Waals surface area contributed by atoms with E-state index < -0.39 is 15.3 Å². The quantitative estimate of drug-likeness (QED) is 0.815. The van der Waals surface area contributed by atoms with Crippen molar-refractivity contribution in [3.8, 4) is 0 Å². The van der Waals surface area contributed by atoms with Crippen LogP contribution in [0.15, 0.2) is 29.2 Å². The zero-order valence-corrected chi connectivity index (χ0v) is 9.58. The maximum absolute atomic E-state index is 11.6. The minimum atomic E-state index is -3.60. The molecular formula is C10H15NO3S. The highest BCUT2D eigenvalue weighted by atomic mass is 32.2. The van der Waals surface area contributed by atoms with Crippen LogP contribution in [0.4, 0.5) is 5.69 Å². The molecule has 0 bridgehead atoms. The van der Waals surface area contributed by atoms with Crippen LogP contribution in [-0.2, 0) is 9.84 Å². The summed E-state index contributed by atoms with van der Waals surface area (Å²) in [5, 5.41) is 12.2. The highest BCUT2D eigenvalue weighted by Crippen LogP contribution is 2.18. The van der Waals surface area contributed by atoms with Gasteiger partial charge in [-0.3, -0.25) is 0 Å². The van der Waals surface area contributed by atoms with Crippen LogP contribution in [0.3, 0.4) is 0 Å². The third-order valence-corrected chi connectivity index (χ3v) is 3.80. The minimum absolute atomic E-state index is 0.135. The Bertz CT molecular complexity index is 426. The third-order valence-electron chi connectivity index (χ3n) is 1.99. The second-order valence-electron chi connectivity index (χ2n) is 3.20. The van der Waals surface area contributed by atoms with Gasteiger partial charge >= 0.3 is 0 Å². The first-order chi connectivity index (χ1) is 6.98. The maximum Gasteiger partial charge on any atom is 0.204 e. The number of benzene rings is 1. The summed E-state index contributed by atoms with van der Waals surface area (Å²) in [6, 6.07) is 6.42. The van der Waals surface area contributed by atoms with E-state index in [2.05, 4.69) is 5.32 Å². The summed E-state index contributed by atoms with van der Waals surface area (Å²) in [4.78, 5) is 0.135. The van der Waals surface area contributed by atoms with Crippen LogP contribution in [-0.4, -0.2) is 25.5 Å². The highest BCUT2D eigenvalue weighted by molar-refractivity contribution is 7.91. The van der Waals surface area contributed by atoms with E-state index in [0.717, 1.165) is 12.2 Å². The number of rotatable bonds is 4. The van der Waals surface area contributed by atoms with Crippen molar-refractivity contribution in [3.63, 3.8) is 0 Å². The second kappa shape index (κ2) is 4.63. The summed E-state index contributed by atoms with van der Waals surface area (Å²) in [6.45, 7) is 3.89. The average Bonchev–Trinajstić information content (AvgIpc) is 2.18. The molecule has 4 nitrogen and oxygen atoms in total. The standard InChI is InChI=1S/C10H15NO3S/c1-3-11-9-5-4-6-10(7-9)15(13,14)8(2)12/h4-8,11-12H,3H2,1-2H3. The lowest BCUT2D eigenvalue weighted by Gasteiger charge is -2.09. The number of hydrogen-bond donors (Lipinski definition) is 2. The molecule has 0 saturated carbocycles. The number of anilines is 1. The van der Waals surface area contributed by atoms with Gasteiger partial charge in [-0.05, 0) is 32.0 Å². The van der Waals surface area contributed by atoms with Gasteiger partial charge in [-0.2, -0.15) is 0 Å². The molecule has 2 N–H and O–H groups in total. The molecule has 1 rings (SSSR count). The molecule has 0 fully saturated rings. The molecular weight excluding hydrogens is 214 g/mol. The fourth-order valence-corrected chi connectivity index (χ4v) is 2.14. The summed E-state index contributed by atoms with van der Waals surface area (Å²) in [5.74, 6) is 0. The number of sulfone groups is 1. The number of hydrogen-bond acceptors (Lipinski definition) is 4. The lowest BCUT2D eigenvalue weighted by Crippen LogP contribution is -2.17. The molecule has 84 valence electrons. The maximum atomic E-state index is 11.6. The van der Waals surface area contributed by atoms with Crippen molar-refractivity contribution in [3.05, 3.63) is 24.3 Å². The Labute approximate surface area is 89.9 Å². The molecule has 5 heteroatoms. The minimum Gasteiger partial charge on any atom is -0.385 e. The van der Waals surface area contributed by atoms with Crippen molar-refractivity contribution in [1.29, 1.82) is 0 Å². The van der Waals surface area contributed by atoms with E-state index in [4.69, 9.17) is 5.11 Å². The lowest BCUT2D eigenvalue weighted by molar-refractivity contribution is 0.268. The normalized spacial score (nSPS) is 13.5. The van der Waals surface area contributed by atoms with Crippen molar-refractivity contribution in [2.45, 2.75) is 24.2 Å². The van der Waals surface area contributed by atoms with Crippen molar-refractivity contribution in [2.24, 2.45) is 0 Å². The summed E-state index contributed by atoms with van der Waals surface area (Å²) in [5.41, 5.74) is -0.645. The number of aliphatic hydroxyl groups is 1. The van der Waals surface area contributed by atoms with E-state index in [0.29, 0.717) is 0 Å². The van der Waals surface area contributed by atoms with Crippen LogP contribution in [0.25, 0.3) is 0 Å². The first kappa shape index (κ1) is 12.0. The molecule has 0 saturated heterocycles. The molecule has 1 aromatic carbocycles. The smallest absolute Gasteiger partial charge is 0.204 e. The van der Waals surface area contributed by atoms with Gasteiger partial charge in [0.2, 0.25) is 9.84 Å². The first-order valence-electron chi connectivity index (χ1n) is 4.74. The van der Waals surface area contributed by atoms with E-state index in [9.17, 15) is 8.42 Å². The predicted octanol–water partition coefficient (Wildman–Crippen LogP) is 1.23. The molecule has 1 aromatic rings. The summed E-state index contributed by atoms with van der Waals surface area (Å²) in [7, 11) is -3.60. The second-order valence-corrected chi connectivity index (χ2v) is 5.45. The van der Waals surface area contributed by atoms with E-state index in [-0.39, 0.29) is 4.90 Å². The Morgan fingerprint density at radius 1 is 1.47 bits per heavy atom. The number of nitrogens with one attached hydrogen (secondary N) is 1. The van der Waals surface area contributed by atoms with Crippen molar-refractivity contribution in [2.75, 3.05) is 11.9 Å². The Morgan fingerprint density at radius 2 is 2.13 bits per heavy atom. The summed E-state index contributed by atoms with van der Waals surface area (Å²) >= 11 is 0. The van der Waals surface area contributed by atoms with Crippen LogP contribution < -0.4 is 5.32 Å². The van der Waals surface area contributed by atoms with Crippen molar-refractivity contribution in [1.82, 2.24) is 0 Å². The molecule has 0 aliphatic carbocycles. The molecule has 1 atom stereocenters. The fraction of sp³-hybridized carbons (Fsp3) is 0.400. The summed E-state index contributed by atoms with van der Waals surface area (Å²) in [6.07, 6.45) is 0. The molecule has 0 heterocycles. The van der Waals surface area contributed by atoms with Gasteiger partial charge in [-0.15, -0.1) is 0 Å². The van der Waals surface area contributed by atoms with Crippen molar-refractivity contribution < 1.29 is 13.5 Å². The predicted molar refractivity (Wildman–Crippen MR) is 59.5 cm³/mol. The van der Waals surface area contributed by atoms with Gasteiger partial charge < -0.3 is 10.4 Å². The van der Waals surface area contributed by atoms with Gasteiger partial charge in [0.1, 0.15) is 0 Å². The van der Waals surface area contributed by atoms with E-state index >= 15 is 0 Å². The van der Waals surface area contributed by atoms with E-state index in [1.54, 1.807) is 12.1 Å². The van der Waals surface area contributed by atoms with Gasteiger partial charge in [0.15, 0.2) is 5.44 Å². The Morgan fingerprint density at radius 3 is 2.67 bits per heavy atom. The molecule has 0 aliphatic heterocycles. The monoisotopic (exact) mass is 229 g/mol. The zero-order valence-electron chi connectivity index (χ0n) is 8.77. The molecule has 0 amide bonds. The fourth-order valence-electron chi connectivity index (χ4n) is 1.18. The Hall–Kier alpha value is -1.07. The largest absolute Gasteiger partial charge is 0.385 e. The Kier molecular flexibility index (Phi) is 3.71. The van der Waals surface area contributed by atoms with Gasteiger partial charge in [0, 0.05) is 12.2 Å². The number of aliphatic hydroxyl groups excluding tert-OH is 1. The molecule has 0 aromatic heterocycles. The van der Waals surface area contributed by atoms with Crippen LogP contribution >= 0.6 is 0 Å². The first-order valence-corrected chi connectivity index (χ1v) is 6.29. The van der Waals surface area contributed by atoms with E-state index in [1.165, 1.54) is 19.1 Å². The van der Waals surface area contributed by atoms with Crippen LogP contribution in [0.5, 0.6) is 0 Å². The molecule has 0 radical (unpaired) electrons. The lowest BCUT2D eigenvalue weighted by atomic mass is 10.3. The van der Waals surface area contributed by atoms with Gasteiger partial charge in [0.05, 0.1) is 4.90 Å². The molecule has 0 spiro atoms. The SMILES string of the molecule is CCNc1cccc(S(=O)(=O)C(C)O)c1. The highest BCUT2D eigenvalue weighted by Gasteiger charge is 2.20. The van der Waals surface area contributed by atoms with Crippen LogP contribution in [0.2, 0.25) is 0 Å². The van der Waals surface area contributed by atoms with Crippen molar-refractivity contribution >= 4 is 15.5 Å². The van der Waals surface area contributed by atoms with Gasteiger partial charge in [-0.1, -0.05) is 6.07 Å². The molecule has 1 unspecified atom stereocenters. The molecule has 15 heavy (non-hydrogen) atoms. The third kappa shape index (κ3) is 2.70. The Balaban J connectivity index is 3.11. The molecule has 0 aliphatic rings. The zero-order chi connectivity index (χ0) is 11.5.